The number of aryl methyl sites for hydroxylation is 1. The summed E-state index contributed by atoms with van der Waals surface area (Å²) in [6, 6.07) is 3.12. The maximum atomic E-state index is 13.4. The zero-order valence-corrected chi connectivity index (χ0v) is 9.37. The Morgan fingerprint density at radius 1 is 1.50 bits per heavy atom. The minimum Gasteiger partial charge on any atom is -0.403 e. The van der Waals surface area contributed by atoms with Crippen LogP contribution in [0.5, 0.6) is 0 Å². The van der Waals surface area contributed by atoms with Crippen molar-refractivity contribution in [3.8, 4) is 0 Å². The third-order valence-electron chi connectivity index (χ3n) is 2.23. The molecule has 0 heterocycles. The van der Waals surface area contributed by atoms with E-state index in [4.69, 9.17) is 11.5 Å². The topological polar surface area (TPSA) is 64.4 Å². The average Bonchev–Trinajstić information content (AvgIpc) is 2.26. The molecule has 0 aromatic heterocycles. The van der Waals surface area contributed by atoms with Gasteiger partial charge in [-0.15, -0.1) is 0 Å². The fourth-order valence-corrected chi connectivity index (χ4v) is 1.38. The van der Waals surface area contributed by atoms with Crippen LogP contribution in [0.2, 0.25) is 6.82 Å². The van der Waals surface area contributed by atoms with E-state index in [-0.39, 0.29) is 5.82 Å². The second-order valence-corrected chi connectivity index (χ2v) is 3.33. The van der Waals surface area contributed by atoms with E-state index < -0.39 is 0 Å². The van der Waals surface area contributed by atoms with Crippen molar-refractivity contribution in [1.29, 1.82) is 0 Å². The van der Waals surface area contributed by atoms with Crippen molar-refractivity contribution in [2.45, 2.75) is 13.7 Å². The lowest BCUT2D eigenvalue weighted by Crippen LogP contribution is -2.22. The first-order chi connectivity index (χ1) is 7.60. The Morgan fingerprint density at radius 2 is 2.19 bits per heavy atom. The summed E-state index contributed by atoms with van der Waals surface area (Å²) in [5, 5.41) is 0. The molecule has 0 aliphatic heterocycles. The highest BCUT2D eigenvalue weighted by Gasteiger charge is 2.08. The summed E-state index contributed by atoms with van der Waals surface area (Å²) in [5.41, 5.74) is 12.9. The summed E-state index contributed by atoms with van der Waals surface area (Å²) in [5.74, 6) is 0.0632. The zero-order valence-electron chi connectivity index (χ0n) is 9.37. The van der Waals surface area contributed by atoms with Gasteiger partial charge in [0.1, 0.15) is 11.7 Å². The van der Waals surface area contributed by atoms with E-state index in [0.29, 0.717) is 16.9 Å². The molecule has 0 amide bonds. The van der Waals surface area contributed by atoms with Gasteiger partial charge in [-0.05, 0) is 18.6 Å². The molecule has 5 heteroatoms. The lowest BCUT2D eigenvalue weighted by atomic mass is 9.72. The highest BCUT2D eigenvalue weighted by molar-refractivity contribution is 6.52. The fraction of sp³-hybridized carbons (Fsp3) is 0.182. The summed E-state index contributed by atoms with van der Waals surface area (Å²) >= 11 is 0. The SMILES string of the molecule is C[B]c1cc(C(N)=N/C=C\N)c(C)cc1F. The van der Waals surface area contributed by atoms with Crippen LogP contribution >= 0.6 is 0 Å². The molecule has 0 fully saturated rings. The normalized spacial score (nSPS) is 12.1. The van der Waals surface area contributed by atoms with Crippen LogP contribution in [-0.2, 0) is 0 Å². The van der Waals surface area contributed by atoms with E-state index in [1.807, 2.05) is 0 Å². The van der Waals surface area contributed by atoms with Crippen molar-refractivity contribution in [3.05, 3.63) is 41.5 Å². The maximum absolute atomic E-state index is 13.4. The Kier molecular flexibility index (Phi) is 4.11. The van der Waals surface area contributed by atoms with Gasteiger partial charge >= 0.3 is 0 Å². The van der Waals surface area contributed by atoms with Gasteiger partial charge in [0.2, 0.25) is 0 Å². The van der Waals surface area contributed by atoms with Crippen molar-refractivity contribution in [1.82, 2.24) is 0 Å². The zero-order chi connectivity index (χ0) is 12.1. The number of hydrogen-bond acceptors (Lipinski definition) is 2. The standard InChI is InChI=1S/C11H14BFN3/c1-7-5-10(13)9(12-2)6-8(7)11(15)16-4-3-14/h3-6H,14H2,1-2H3,(H2,15,16)/b4-3-. The summed E-state index contributed by atoms with van der Waals surface area (Å²) in [6.07, 6.45) is 2.69. The van der Waals surface area contributed by atoms with E-state index in [2.05, 4.69) is 4.99 Å². The first-order valence-corrected chi connectivity index (χ1v) is 4.90. The molecule has 0 spiro atoms. The lowest BCUT2D eigenvalue weighted by Gasteiger charge is -2.08. The molecule has 1 aromatic rings. The Hall–Kier alpha value is -1.78. The van der Waals surface area contributed by atoms with E-state index in [1.54, 1.807) is 27.1 Å². The number of amidine groups is 1. The molecule has 0 atom stereocenters. The van der Waals surface area contributed by atoms with Gasteiger partial charge in [-0.1, -0.05) is 18.4 Å². The summed E-state index contributed by atoms with van der Waals surface area (Å²) in [4.78, 5) is 3.93. The van der Waals surface area contributed by atoms with Gasteiger partial charge in [0.15, 0.2) is 7.28 Å². The van der Waals surface area contributed by atoms with E-state index in [1.165, 1.54) is 18.5 Å². The van der Waals surface area contributed by atoms with Gasteiger partial charge in [-0.3, -0.25) is 0 Å². The van der Waals surface area contributed by atoms with Gasteiger partial charge in [0.25, 0.3) is 0 Å². The Balaban J connectivity index is 3.23. The van der Waals surface area contributed by atoms with Crippen molar-refractivity contribution in [3.63, 3.8) is 0 Å². The van der Waals surface area contributed by atoms with Gasteiger partial charge < -0.3 is 11.5 Å². The molecule has 0 aliphatic carbocycles. The first kappa shape index (κ1) is 12.3. The molecule has 0 saturated heterocycles. The third-order valence-corrected chi connectivity index (χ3v) is 2.23. The second-order valence-electron chi connectivity index (χ2n) is 3.33. The number of rotatable bonds is 3. The Bertz CT molecular complexity index is 441. The van der Waals surface area contributed by atoms with Crippen molar-refractivity contribution in [2.24, 2.45) is 16.5 Å². The highest BCUT2D eigenvalue weighted by atomic mass is 19.1. The van der Waals surface area contributed by atoms with Crippen LogP contribution in [-0.4, -0.2) is 13.1 Å². The molecule has 3 nitrogen and oxygen atoms in total. The molecule has 1 rings (SSSR count). The molecular formula is C11H14BFN3. The molecule has 0 bridgehead atoms. The van der Waals surface area contributed by atoms with E-state index >= 15 is 0 Å². The molecule has 1 radical (unpaired) electrons. The van der Waals surface area contributed by atoms with Crippen LogP contribution < -0.4 is 16.9 Å². The minimum absolute atomic E-state index is 0.258. The molecule has 0 unspecified atom stereocenters. The minimum atomic E-state index is -0.258. The number of halogens is 1. The number of hydrogen-bond donors (Lipinski definition) is 2. The van der Waals surface area contributed by atoms with Crippen molar-refractivity contribution in [2.75, 3.05) is 0 Å². The monoisotopic (exact) mass is 218 g/mol. The van der Waals surface area contributed by atoms with Gasteiger partial charge in [0.05, 0.1) is 0 Å². The molecule has 1 aromatic carbocycles. The largest absolute Gasteiger partial charge is 0.403 e. The van der Waals surface area contributed by atoms with Crippen molar-refractivity contribution >= 4 is 18.6 Å². The van der Waals surface area contributed by atoms with Gasteiger partial charge in [0, 0.05) is 18.0 Å². The fourth-order valence-electron chi connectivity index (χ4n) is 1.38. The molecule has 0 saturated carbocycles. The average molecular weight is 218 g/mol. The van der Waals surface area contributed by atoms with Crippen molar-refractivity contribution < 1.29 is 4.39 Å². The Labute approximate surface area is 95.3 Å². The summed E-state index contributed by atoms with van der Waals surface area (Å²) < 4.78 is 13.4. The van der Waals surface area contributed by atoms with E-state index in [0.717, 1.165) is 5.56 Å². The van der Waals surface area contributed by atoms with Crippen LogP contribution in [0.25, 0.3) is 0 Å². The second kappa shape index (κ2) is 5.35. The predicted octanol–water partition coefficient (Wildman–Crippen LogP) is 0.647. The number of benzene rings is 1. The lowest BCUT2D eigenvalue weighted by molar-refractivity contribution is 0.634. The quantitative estimate of drug-likeness (QED) is 0.444. The molecule has 16 heavy (non-hydrogen) atoms. The maximum Gasteiger partial charge on any atom is 0.152 e. The van der Waals surface area contributed by atoms with Crippen LogP contribution in [0.3, 0.4) is 0 Å². The Morgan fingerprint density at radius 3 is 2.75 bits per heavy atom. The van der Waals surface area contributed by atoms with Gasteiger partial charge in [-0.25, -0.2) is 9.38 Å². The molecular weight excluding hydrogens is 204 g/mol. The van der Waals surface area contributed by atoms with Crippen LogP contribution in [0.1, 0.15) is 11.1 Å². The molecule has 83 valence electrons. The number of aliphatic imine (C=N–C) groups is 1. The van der Waals surface area contributed by atoms with Crippen LogP contribution in [0.15, 0.2) is 29.5 Å². The molecule has 4 N–H and O–H groups in total. The number of nitrogens with two attached hydrogens (primary N) is 2. The predicted molar refractivity (Wildman–Crippen MR) is 66.4 cm³/mol. The summed E-state index contributed by atoms with van der Waals surface area (Å²) in [7, 11) is 1.68. The smallest absolute Gasteiger partial charge is 0.152 e. The highest BCUT2D eigenvalue weighted by Crippen LogP contribution is 2.08. The van der Waals surface area contributed by atoms with Crippen LogP contribution in [0, 0.1) is 12.7 Å². The van der Waals surface area contributed by atoms with Gasteiger partial charge in [-0.2, -0.15) is 0 Å². The van der Waals surface area contributed by atoms with Crippen LogP contribution in [0.4, 0.5) is 4.39 Å². The number of nitrogens with zero attached hydrogens (tertiary/aromatic N) is 1. The van der Waals surface area contributed by atoms with E-state index in [9.17, 15) is 4.39 Å². The summed E-state index contributed by atoms with van der Waals surface area (Å²) in [6.45, 7) is 3.55. The third kappa shape index (κ3) is 2.62. The first-order valence-electron chi connectivity index (χ1n) is 4.90. The molecule has 0 aliphatic rings.